The summed E-state index contributed by atoms with van der Waals surface area (Å²) in [4.78, 5) is 35.9. The first kappa shape index (κ1) is 9.41. The number of carbonyl (C=O) groups excluding carboxylic acids is 2. The Hall–Kier alpha value is -2.63. The number of carbonyl (C=O) groups is 2. The van der Waals surface area contributed by atoms with Gasteiger partial charge in [-0.05, 0) is 0 Å². The predicted molar refractivity (Wildman–Crippen MR) is 61.7 cm³/mol. The van der Waals surface area contributed by atoms with E-state index >= 15 is 0 Å². The Kier molecular flexibility index (Phi) is 1.56. The highest BCUT2D eigenvalue weighted by atomic mass is 16.2. The average Bonchev–Trinajstić information content (AvgIpc) is 2.87. The van der Waals surface area contributed by atoms with Crippen LogP contribution in [0.2, 0.25) is 0 Å². The lowest BCUT2D eigenvalue weighted by Gasteiger charge is -2.02. The summed E-state index contributed by atoms with van der Waals surface area (Å²) in [7, 11) is 0. The topological polar surface area (TPSA) is 83.8 Å². The molecular formula is C12H6N4O2. The van der Waals surface area contributed by atoms with Gasteiger partial charge in [-0.15, -0.1) is 0 Å². The predicted octanol–water partition coefficient (Wildman–Crippen LogP) is -1.28. The van der Waals surface area contributed by atoms with Gasteiger partial charge >= 0.3 is 0 Å². The van der Waals surface area contributed by atoms with Crippen LogP contribution in [0, 0.1) is 0 Å². The molecule has 0 aromatic carbocycles. The number of amidine groups is 1. The van der Waals surface area contributed by atoms with E-state index < -0.39 is 11.8 Å². The first-order valence-electron chi connectivity index (χ1n) is 5.45. The first-order valence-corrected chi connectivity index (χ1v) is 5.45. The molecule has 1 N–H and O–H groups in total. The molecule has 0 aliphatic carbocycles. The second kappa shape index (κ2) is 2.98. The molecule has 1 aromatic heterocycles. The van der Waals surface area contributed by atoms with Gasteiger partial charge in [0.2, 0.25) is 0 Å². The molecule has 0 radical (unpaired) electrons. The Bertz CT molecular complexity index is 817. The summed E-state index contributed by atoms with van der Waals surface area (Å²) in [6.45, 7) is 0.580. The van der Waals surface area contributed by atoms with E-state index in [0.29, 0.717) is 28.5 Å². The number of pyridine rings is 1. The van der Waals surface area contributed by atoms with Gasteiger partial charge in [0, 0.05) is 10.8 Å². The third-order valence-corrected chi connectivity index (χ3v) is 3.10. The van der Waals surface area contributed by atoms with E-state index in [1.165, 1.54) is 6.20 Å². The van der Waals surface area contributed by atoms with E-state index in [4.69, 9.17) is 0 Å². The van der Waals surface area contributed by atoms with Crippen LogP contribution < -0.4 is 15.9 Å². The third kappa shape index (κ3) is 0.994. The van der Waals surface area contributed by atoms with E-state index in [1.54, 1.807) is 0 Å². The fourth-order valence-electron chi connectivity index (χ4n) is 2.35. The summed E-state index contributed by atoms with van der Waals surface area (Å²) in [5.74, 6) is -0.263. The Balaban J connectivity index is 2.24. The van der Waals surface area contributed by atoms with Crippen molar-refractivity contribution in [2.45, 2.75) is 0 Å². The maximum Gasteiger partial charge on any atom is 0.277 e. The molecule has 3 aliphatic heterocycles. The van der Waals surface area contributed by atoms with Crippen LogP contribution in [0.5, 0.6) is 0 Å². The van der Waals surface area contributed by atoms with Gasteiger partial charge in [0.25, 0.3) is 11.8 Å². The van der Waals surface area contributed by atoms with Crippen LogP contribution in [0.1, 0.15) is 20.8 Å². The molecule has 4 heterocycles. The minimum atomic E-state index is -0.455. The fraction of sp³-hybridized carbons (Fsp3) is 0.0833. The monoisotopic (exact) mass is 238 g/mol. The Labute approximate surface area is 100 Å². The molecule has 0 bridgehead atoms. The first-order chi connectivity index (χ1) is 8.75. The minimum absolute atomic E-state index is 0.168. The molecule has 4 rings (SSSR count). The molecular weight excluding hydrogens is 232 g/mol. The van der Waals surface area contributed by atoms with E-state index in [-0.39, 0.29) is 5.69 Å². The van der Waals surface area contributed by atoms with Gasteiger partial charge in [0.15, 0.2) is 5.84 Å². The van der Waals surface area contributed by atoms with Crippen LogP contribution in [-0.2, 0) is 0 Å². The van der Waals surface area contributed by atoms with Crippen LogP contribution in [0.4, 0.5) is 0 Å². The molecule has 6 nitrogen and oxygen atoms in total. The number of hydrogen-bond donors (Lipinski definition) is 1. The van der Waals surface area contributed by atoms with Crippen LogP contribution >= 0.6 is 0 Å². The number of amides is 2. The fourth-order valence-corrected chi connectivity index (χ4v) is 2.35. The number of nitrogens with zero attached hydrogens (tertiary/aromatic N) is 3. The van der Waals surface area contributed by atoms with E-state index in [1.807, 2.05) is 12.2 Å². The number of nitrogens with one attached hydrogen (secondary N) is 1. The third-order valence-electron chi connectivity index (χ3n) is 3.10. The number of dihydropyridines is 1. The summed E-state index contributed by atoms with van der Waals surface area (Å²) >= 11 is 0. The number of fused-ring (bicyclic) bond motifs is 4. The number of imide groups is 1. The summed E-state index contributed by atoms with van der Waals surface area (Å²) in [5.41, 5.74) is 1.27. The Morgan fingerprint density at radius 2 is 2.11 bits per heavy atom. The lowest BCUT2D eigenvalue weighted by atomic mass is 10.1. The average molecular weight is 238 g/mol. The van der Waals surface area contributed by atoms with Gasteiger partial charge in [0.1, 0.15) is 5.69 Å². The van der Waals surface area contributed by atoms with Crippen LogP contribution in [0.3, 0.4) is 0 Å². The number of rotatable bonds is 0. The van der Waals surface area contributed by atoms with E-state index in [2.05, 4.69) is 20.3 Å². The standard InChI is InChI=1S/C12H6N4O2/c17-11-8-7-5-2-1-3-13-10(5)15-6(7)4-14-9(8)12(18)16-11/h1-2,4H,3H2,(H,16,17,18). The van der Waals surface area contributed by atoms with Gasteiger partial charge in [-0.1, -0.05) is 12.2 Å². The Morgan fingerprint density at radius 1 is 1.22 bits per heavy atom. The van der Waals surface area contributed by atoms with Gasteiger partial charge in [-0.2, -0.15) is 0 Å². The van der Waals surface area contributed by atoms with Crippen molar-refractivity contribution in [3.8, 4) is 0 Å². The zero-order valence-corrected chi connectivity index (χ0v) is 9.10. The second-order valence-corrected chi connectivity index (χ2v) is 4.12. The highest BCUT2D eigenvalue weighted by Crippen LogP contribution is 2.14. The van der Waals surface area contributed by atoms with Crippen molar-refractivity contribution in [3.05, 3.63) is 40.2 Å². The molecule has 1 aromatic rings. The maximum absolute atomic E-state index is 11.8. The van der Waals surface area contributed by atoms with Crippen molar-refractivity contribution in [1.29, 1.82) is 0 Å². The number of hydrogen-bond acceptors (Lipinski definition) is 5. The highest BCUT2D eigenvalue weighted by molar-refractivity contribution is 6.26. The van der Waals surface area contributed by atoms with Crippen LogP contribution in [-0.4, -0.2) is 29.2 Å². The molecule has 6 heteroatoms. The SMILES string of the molecule is O=C1NC(=O)c2c1ncc1c2=C2C=CCN=C2N=1. The van der Waals surface area contributed by atoms with Gasteiger partial charge in [-0.3, -0.25) is 19.9 Å². The molecule has 3 aliphatic rings. The van der Waals surface area contributed by atoms with Gasteiger partial charge in [-0.25, -0.2) is 9.98 Å². The molecule has 2 amide bonds. The van der Waals surface area contributed by atoms with E-state index in [9.17, 15) is 9.59 Å². The van der Waals surface area contributed by atoms with E-state index in [0.717, 1.165) is 5.57 Å². The number of aromatic nitrogens is 1. The molecule has 0 saturated carbocycles. The molecule has 0 atom stereocenters. The molecule has 0 saturated heterocycles. The van der Waals surface area contributed by atoms with Crippen molar-refractivity contribution >= 4 is 23.2 Å². The summed E-state index contributed by atoms with van der Waals surface area (Å²) in [5, 5.41) is 3.51. The zero-order valence-electron chi connectivity index (χ0n) is 9.10. The molecule has 86 valence electrons. The molecule has 0 spiro atoms. The van der Waals surface area contributed by atoms with Crippen LogP contribution in [0.25, 0.3) is 5.57 Å². The molecule has 0 unspecified atom stereocenters. The van der Waals surface area contributed by atoms with Crippen LogP contribution in [0.15, 0.2) is 28.3 Å². The maximum atomic E-state index is 11.8. The Morgan fingerprint density at radius 3 is 3.00 bits per heavy atom. The summed E-state index contributed by atoms with van der Waals surface area (Å²) in [6, 6.07) is 0. The lowest BCUT2D eigenvalue weighted by Crippen LogP contribution is -2.31. The smallest absolute Gasteiger partial charge is 0.277 e. The molecule has 0 fully saturated rings. The quantitative estimate of drug-likeness (QED) is 0.571. The number of aliphatic imine (C=N–C) groups is 1. The van der Waals surface area contributed by atoms with Crippen molar-refractivity contribution in [3.63, 3.8) is 0 Å². The summed E-state index contributed by atoms with van der Waals surface area (Å²) < 4.78 is 0. The summed E-state index contributed by atoms with van der Waals surface area (Å²) in [6.07, 6.45) is 5.28. The minimum Gasteiger partial charge on any atom is -0.287 e. The largest absolute Gasteiger partial charge is 0.287 e. The van der Waals surface area contributed by atoms with Gasteiger partial charge < -0.3 is 0 Å². The van der Waals surface area contributed by atoms with Crippen molar-refractivity contribution in [2.75, 3.05) is 6.54 Å². The molecule has 18 heavy (non-hydrogen) atoms. The highest BCUT2D eigenvalue weighted by Gasteiger charge is 2.32. The van der Waals surface area contributed by atoms with Gasteiger partial charge in [0.05, 0.1) is 23.7 Å². The van der Waals surface area contributed by atoms with Crippen molar-refractivity contribution < 1.29 is 9.59 Å². The lowest BCUT2D eigenvalue weighted by molar-refractivity contribution is 0.0878. The normalized spacial score (nSPS) is 18.9. The van der Waals surface area contributed by atoms with Crippen molar-refractivity contribution in [1.82, 2.24) is 10.3 Å². The van der Waals surface area contributed by atoms with Crippen molar-refractivity contribution in [2.24, 2.45) is 9.98 Å². The second-order valence-electron chi connectivity index (χ2n) is 4.12. The zero-order chi connectivity index (χ0) is 12.3.